The van der Waals surface area contributed by atoms with Crippen LogP contribution in [0.3, 0.4) is 0 Å². The number of rotatable bonds is 2. The van der Waals surface area contributed by atoms with Crippen LogP contribution < -0.4 is 9.64 Å². The van der Waals surface area contributed by atoms with Crippen LogP contribution >= 0.6 is 38.9 Å². The third kappa shape index (κ3) is 2.79. The predicted molar refractivity (Wildman–Crippen MR) is 112 cm³/mol. The fourth-order valence-corrected chi connectivity index (χ4v) is 5.63. The van der Waals surface area contributed by atoms with Gasteiger partial charge < -0.3 is 9.64 Å². The van der Waals surface area contributed by atoms with Crippen molar-refractivity contribution in [2.45, 2.75) is 32.0 Å². The van der Waals surface area contributed by atoms with Gasteiger partial charge in [-0.05, 0) is 60.9 Å². The van der Waals surface area contributed by atoms with E-state index < -0.39 is 0 Å². The molecule has 2 atom stereocenters. The van der Waals surface area contributed by atoms with Crippen LogP contribution in [0.15, 0.2) is 46.9 Å². The van der Waals surface area contributed by atoms with Gasteiger partial charge in [0.05, 0.1) is 16.5 Å². The molecule has 6 heteroatoms. The van der Waals surface area contributed by atoms with Crippen molar-refractivity contribution >= 4 is 44.6 Å². The summed E-state index contributed by atoms with van der Waals surface area (Å²) in [4.78, 5) is 4.65. The minimum Gasteiger partial charge on any atom is -0.465 e. The van der Waals surface area contributed by atoms with Crippen molar-refractivity contribution in [3.05, 3.63) is 78.7 Å². The van der Waals surface area contributed by atoms with Crippen molar-refractivity contribution < 1.29 is 9.13 Å². The largest absolute Gasteiger partial charge is 0.465 e. The van der Waals surface area contributed by atoms with E-state index in [9.17, 15) is 4.39 Å². The zero-order valence-electron chi connectivity index (χ0n) is 14.5. The van der Waals surface area contributed by atoms with E-state index in [0.29, 0.717) is 27.2 Å². The van der Waals surface area contributed by atoms with E-state index in [4.69, 9.17) is 16.3 Å². The maximum Gasteiger partial charge on any atom is 0.208 e. The lowest BCUT2D eigenvalue weighted by molar-refractivity contribution is 0.168. The quantitative estimate of drug-likeness (QED) is 0.402. The average Bonchev–Trinajstić information content (AvgIpc) is 3.24. The minimum atomic E-state index is -0.274. The molecule has 3 heterocycles. The second-order valence-corrected chi connectivity index (χ2v) is 9.38. The van der Waals surface area contributed by atoms with E-state index in [2.05, 4.69) is 39.9 Å². The number of benzene rings is 2. The Hall–Kier alpha value is -1.56. The minimum absolute atomic E-state index is 0.104. The Morgan fingerprint density at radius 2 is 2.11 bits per heavy atom. The molecule has 2 aromatic carbocycles. The first kappa shape index (κ1) is 17.5. The van der Waals surface area contributed by atoms with Gasteiger partial charge in [0, 0.05) is 20.1 Å². The molecule has 0 spiro atoms. The summed E-state index contributed by atoms with van der Waals surface area (Å²) in [5.41, 5.74) is 2.81. The van der Waals surface area contributed by atoms with Gasteiger partial charge in [-0.1, -0.05) is 34.5 Å². The molecular formula is C21H16BrClFNOS. The van der Waals surface area contributed by atoms with Crippen molar-refractivity contribution in [2.75, 3.05) is 4.90 Å². The first-order valence-electron chi connectivity index (χ1n) is 8.86. The molecule has 2 aliphatic rings. The molecule has 2 aliphatic heterocycles. The van der Waals surface area contributed by atoms with Gasteiger partial charge in [0.1, 0.15) is 11.6 Å². The standard InChI is InChI=1S/C21H16BrClFNOS/c1-2-14-4-6-19(27-14)21-25-16-5-3-13(23)7-11(16)8-17(25)20-15(24)9-12(22)10-18(20)26-21/h3-7,9-10,17,21H,2,8H2,1H3. The van der Waals surface area contributed by atoms with Gasteiger partial charge in [0.25, 0.3) is 0 Å². The maximum absolute atomic E-state index is 14.9. The Labute approximate surface area is 174 Å². The lowest BCUT2D eigenvalue weighted by atomic mass is 9.99. The molecule has 0 radical (unpaired) electrons. The van der Waals surface area contributed by atoms with Gasteiger partial charge >= 0.3 is 0 Å². The highest BCUT2D eigenvalue weighted by molar-refractivity contribution is 9.10. The van der Waals surface area contributed by atoms with Crippen LogP contribution in [0.5, 0.6) is 5.75 Å². The number of ether oxygens (including phenoxy) is 1. The van der Waals surface area contributed by atoms with Crippen molar-refractivity contribution in [3.63, 3.8) is 0 Å². The average molecular weight is 465 g/mol. The number of hydrogen-bond acceptors (Lipinski definition) is 3. The molecule has 138 valence electrons. The molecule has 0 aliphatic carbocycles. The van der Waals surface area contributed by atoms with Gasteiger partial charge in [-0.3, -0.25) is 0 Å². The van der Waals surface area contributed by atoms with Crippen molar-refractivity contribution in [1.82, 2.24) is 0 Å². The van der Waals surface area contributed by atoms with E-state index in [1.54, 1.807) is 11.3 Å². The molecule has 0 bridgehead atoms. The van der Waals surface area contributed by atoms with Crippen LogP contribution in [-0.2, 0) is 12.8 Å². The molecule has 0 saturated carbocycles. The monoisotopic (exact) mass is 463 g/mol. The molecule has 3 aromatic rings. The molecule has 0 fully saturated rings. The van der Waals surface area contributed by atoms with E-state index in [-0.39, 0.29) is 18.1 Å². The van der Waals surface area contributed by atoms with E-state index in [0.717, 1.165) is 22.5 Å². The first-order chi connectivity index (χ1) is 13.0. The van der Waals surface area contributed by atoms with Gasteiger partial charge in [-0.2, -0.15) is 0 Å². The fourth-order valence-electron chi connectivity index (χ4n) is 4.05. The van der Waals surface area contributed by atoms with Crippen molar-refractivity contribution in [2.24, 2.45) is 0 Å². The second kappa shape index (κ2) is 6.50. The van der Waals surface area contributed by atoms with E-state index in [1.807, 2.05) is 24.3 Å². The van der Waals surface area contributed by atoms with Gasteiger partial charge in [0.15, 0.2) is 0 Å². The Morgan fingerprint density at radius 1 is 1.26 bits per heavy atom. The molecule has 0 N–H and O–H groups in total. The summed E-state index contributed by atoms with van der Waals surface area (Å²) in [5.74, 6) is 0.366. The normalized spacial score (nSPS) is 20.1. The Kier molecular flexibility index (Phi) is 4.22. The second-order valence-electron chi connectivity index (χ2n) is 6.83. The van der Waals surface area contributed by atoms with E-state index in [1.165, 1.54) is 10.9 Å². The van der Waals surface area contributed by atoms with Crippen LogP contribution in [0.4, 0.5) is 10.1 Å². The number of fused-ring (bicyclic) bond motifs is 5. The SMILES string of the molecule is CCc1ccc(C2Oc3cc(Br)cc(F)c3C3Cc4cc(Cl)ccc4N32)s1. The molecule has 2 unspecified atom stereocenters. The number of nitrogens with zero attached hydrogens (tertiary/aromatic N) is 1. The molecule has 27 heavy (non-hydrogen) atoms. The van der Waals surface area contributed by atoms with Gasteiger partial charge in [-0.15, -0.1) is 11.3 Å². The molecule has 0 saturated heterocycles. The highest BCUT2D eigenvalue weighted by atomic mass is 79.9. The van der Waals surface area contributed by atoms with Crippen LogP contribution in [-0.4, -0.2) is 0 Å². The Morgan fingerprint density at radius 3 is 2.89 bits per heavy atom. The highest BCUT2D eigenvalue weighted by Crippen LogP contribution is 2.53. The molecule has 5 rings (SSSR count). The van der Waals surface area contributed by atoms with Crippen LogP contribution in [0.2, 0.25) is 5.02 Å². The Balaban J connectivity index is 1.70. The van der Waals surface area contributed by atoms with Gasteiger partial charge in [0.2, 0.25) is 6.23 Å². The zero-order valence-corrected chi connectivity index (χ0v) is 17.7. The van der Waals surface area contributed by atoms with Crippen molar-refractivity contribution in [3.8, 4) is 5.75 Å². The highest BCUT2D eigenvalue weighted by Gasteiger charge is 2.44. The summed E-state index contributed by atoms with van der Waals surface area (Å²) in [7, 11) is 0. The predicted octanol–water partition coefficient (Wildman–Crippen LogP) is 7.06. The van der Waals surface area contributed by atoms with E-state index >= 15 is 0 Å². The summed E-state index contributed by atoms with van der Waals surface area (Å²) in [6, 6.07) is 13.4. The molecule has 2 nitrogen and oxygen atoms in total. The molecule has 1 aromatic heterocycles. The third-order valence-corrected chi connectivity index (χ3v) is 7.18. The maximum atomic E-state index is 14.9. The van der Waals surface area contributed by atoms with Crippen LogP contribution in [0.1, 0.15) is 40.1 Å². The van der Waals surface area contributed by atoms with Gasteiger partial charge in [-0.25, -0.2) is 4.39 Å². The fraction of sp³-hybridized carbons (Fsp3) is 0.238. The van der Waals surface area contributed by atoms with Crippen molar-refractivity contribution in [1.29, 1.82) is 0 Å². The number of aryl methyl sites for hydroxylation is 1. The third-order valence-electron chi connectivity index (χ3n) is 5.22. The summed E-state index contributed by atoms with van der Waals surface area (Å²) >= 11 is 11.4. The summed E-state index contributed by atoms with van der Waals surface area (Å²) in [6.07, 6.45) is 1.43. The smallest absolute Gasteiger partial charge is 0.208 e. The summed E-state index contributed by atoms with van der Waals surface area (Å²) in [5, 5.41) is 0.701. The molecule has 0 amide bonds. The number of anilines is 1. The summed E-state index contributed by atoms with van der Waals surface area (Å²) < 4.78 is 22.0. The topological polar surface area (TPSA) is 12.5 Å². The van der Waals surface area contributed by atoms with Crippen LogP contribution in [0, 0.1) is 5.82 Å². The number of halogens is 3. The Bertz CT molecular complexity index is 1050. The summed E-state index contributed by atoms with van der Waals surface area (Å²) in [6.45, 7) is 2.15. The lowest BCUT2D eigenvalue weighted by Gasteiger charge is -2.40. The number of hydrogen-bond donors (Lipinski definition) is 0. The molecular weight excluding hydrogens is 449 g/mol. The van der Waals surface area contributed by atoms with Crippen LogP contribution in [0.25, 0.3) is 0 Å². The lowest BCUT2D eigenvalue weighted by Crippen LogP contribution is -2.37. The number of thiophene rings is 1. The first-order valence-corrected chi connectivity index (χ1v) is 10.8. The zero-order chi connectivity index (χ0) is 18.7.